The molecule has 0 radical (unpaired) electrons. The van der Waals surface area contributed by atoms with Crippen LogP contribution in [0.1, 0.15) is 25.7 Å². The molecule has 4 fully saturated rings. The fourth-order valence-corrected chi connectivity index (χ4v) is 5.11. The van der Waals surface area contributed by atoms with Crippen LogP contribution in [0.3, 0.4) is 0 Å². The van der Waals surface area contributed by atoms with Crippen molar-refractivity contribution in [2.24, 2.45) is 11.8 Å². The summed E-state index contributed by atoms with van der Waals surface area (Å²) in [7, 11) is 0. The molecule has 3 amide bonds. The van der Waals surface area contributed by atoms with E-state index in [2.05, 4.69) is 11.4 Å². The second kappa shape index (κ2) is 8.03. The Bertz CT molecular complexity index is 601. The Labute approximate surface area is 160 Å². The number of ether oxygens (including phenoxy) is 1. The Morgan fingerprint density at radius 3 is 2.44 bits per heavy atom. The molecule has 0 aromatic rings. The van der Waals surface area contributed by atoms with Crippen molar-refractivity contribution in [2.45, 2.75) is 37.8 Å². The van der Waals surface area contributed by atoms with Crippen LogP contribution in [-0.2, 0) is 9.53 Å². The van der Waals surface area contributed by atoms with Crippen molar-refractivity contribution in [1.29, 1.82) is 5.26 Å². The molecule has 4 aliphatic rings. The van der Waals surface area contributed by atoms with Crippen LogP contribution in [0.5, 0.6) is 0 Å². The van der Waals surface area contributed by atoms with E-state index in [1.54, 1.807) is 4.90 Å². The predicted octanol–water partition coefficient (Wildman–Crippen LogP) is 0.253. The first kappa shape index (κ1) is 18.5. The Morgan fingerprint density at radius 1 is 1.07 bits per heavy atom. The van der Waals surface area contributed by atoms with Crippen LogP contribution < -0.4 is 5.32 Å². The maximum atomic E-state index is 12.6. The molecule has 8 nitrogen and oxygen atoms in total. The minimum Gasteiger partial charge on any atom is -0.378 e. The first-order chi connectivity index (χ1) is 13.2. The maximum Gasteiger partial charge on any atom is 0.320 e. The van der Waals surface area contributed by atoms with Gasteiger partial charge in [-0.15, -0.1) is 0 Å². The van der Waals surface area contributed by atoms with Crippen LogP contribution in [0.4, 0.5) is 4.79 Å². The summed E-state index contributed by atoms with van der Waals surface area (Å²) in [6.07, 6.45) is 3.76. The number of nitriles is 1. The van der Waals surface area contributed by atoms with E-state index >= 15 is 0 Å². The van der Waals surface area contributed by atoms with Crippen molar-refractivity contribution in [3.8, 4) is 6.07 Å². The zero-order valence-electron chi connectivity index (χ0n) is 15.8. The average Bonchev–Trinajstić information content (AvgIpc) is 3.40. The molecule has 8 heteroatoms. The van der Waals surface area contributed by atoms with Gasteiger partial charge < -0.3 is 24.8 Å². The molecule has 27 heavy (non-hydrogen) atoms. The lowest BCUT2D eigenvalue weighted by Crippen LogP contribution is -2.48. The van der Waals surface area contributed by atoms with E-state index in [1.165, 1.54) is 0 Å². The van der Waals surface area contributed by atoms with Gasteiger partial charge in [0.25, 0.3) is 0 Å². The van der Waals surface area contributed by atoms with Crippen molar-refractivity contribution in [3.63, 3.8) is 0 Å². The lowest BCUT2D eigenvalue weighted by molar-refractivity contribution is -0.130. The van der Waals surface area contributed by atoms with Gasteiger partial charge in [0.05, 0.1) is 25.8 Å². The molecule has 1 aliphatic carbocycles. The number of carbonyl (C=O) groups excluding carboxylic acids is 2. The van der Waals surface area contributed by atoms with Crippen LogP contribution in [0, 0.1) is 23.2 Å². The molecule has 1 unspecified atom stereocenters. The minimum atomic E-state index is -0.248. The number of urea groups is 1. The van der Waals surface area contributed by atoms with Crippen LogP contribution in [0.2, 0.25) is 0 Å². The van der Waals surface area contributed by atoms with Gasteiger partial charge in [-0.2, -0.15) is 5.26 Å². The Balaban J connectivity index is 1.21. The highest BCUT2D eigenvalue weighted by Crippen LogP contribution is 2.38. The monoisotopic (exact) mass is 375 g/mol. The molecule has 1 saturated carbocycles. The highest BCUT2D eigenvalue weighted by molar-refractivity contribution is 5.79. The number of carbonyl (C=O) groups is 2. The van der Waals surface area contributed by atoms with Crippen molar-refractivity contribution in [1.82, 2.24) is 20.0 Å². The maximum absolute atomic E-state index is 12.6. The smallest absolute Gasteiger partial charge is 0.320 e. The third-order valence-electron chi connectivity index (χ3n) is 6.57. The summed E-state index contributed by atoms with van der Waals surface area (Å²) < 4.78 is 5.33. The third kappa shape index (κ3) is 3.90. The second-order valence-electron chi connectivity index (χ2n) is 8.23. The Hall–Kier alpha value is -1.85. The van der Waals surface area contributed by atoms with Gasteiger partial charge in [0.2, 0.25) is 5.91 Å². The largest absolute Gasteiger partial charge is 0.378 e. The van der Waals surface area contributed by atoms with Gasteiger partial charge in [0.1, 0.15) is 6.04 Å². The van der Waals surface area contributed by atoms with Gasteiger partial charge in [-0.05, 0) is 37.5 Å². The number of nitrogens with zero attached hydrogens (tertiary/aromatic N) is 4. The number of morpholine rings is 1. The number of amides is 3. The standard InChI is InChI=1S/C19H29N5O3/c20-10-17-2-1-3-24(17)18(25)11-21-16-8-14-12-23(13-15(14)9-16)19(26)22-4-6-27-7-5-22/h14-17,21H,1-9,11-13H2/t14-,15+,16?,17-/m0/s1. The number of rotatable bonds is 3. The lowest BCUT2D eigenvalue weighted by atomic mass is 10.0. The minimum absolute atomic E-state index is 0.0419. The lowest BCUT2D eigenvalue weighted by Gasteiger charge is -2.31. The first-order valence-corrected chi connectivity index (χ1v) is 10.2. The van der Waals surface area contributed by atoms with E-state index in [0.29, 0.717) is 57.3 Å². The average molecular weight is 375 g/mol. The van der Waals surface area contributed by atoms with Crippen LogP contribution in [0.15, 0.2) is 0 Å². The van der Waals surface area contributed by atoms with Crippen LogP contribution >= 0.6 is 0 Å². The third-order valence-corrected chi connectivity index (χ3v) is 6.57. The SMILES string of the molecule is N#C[C@@H]1CCCN1C(=O)CNC1C[C@@H]2CN(C(=O)N3CCOCC3)C[C@@H]2C1. The molecule has 3 heterocycles. The zero-order chi connectivity index (χ0) is 18.8. The molecule has 0 aromatic heterocycles. The quantitative estimate of drug-likeness (QED) is 0.764. The van der Waals surface area contributed by atoms with E-state index in [9.17, 15) is 9.59 Å². The van der Waals surface area contributed by atoms with Gasteiger partial charge in [0, 0.05) is 38.8 Å². The molecule has 3 aliphatic heterocycles. The molecule has 1 N–H and O–H groups in total. The zero-order valence-corrected chi connectivity index (χ0v) is 15.8. The van der Waals surface area contributed by atoms with Gasteiger partial charge in [-0.3, -0.25) is 4.79 Å². The number of likely N-dealkylation sites (tertiary alicyclic amines) is 2. The van der Waals surface area contributed by atoms with E-state index < -0.39 is 0 Å². The van der Waals surface area contributed by atoms with Crippen molar-refractivity contribution in [3.05, 3.63) is 0 Å². The van der Waals surface area contributed by atoms with E-state index in [1.807, 2.05) is 9.80 Å². The first-order valence-electron chi connectivity index (χ1n) is 10.2. The number of hydrogen-bond donors (Lipinski definition) is 1. The molecular formula is C19H29N5O3. The summed E-state index contributed by atoms with van der Waals surface area (Å²) in [5.41, 5.74) is 0. The van der Waals surface area contributed by atoms with Crippen molar-refractivity contribution >= 4 is 11.9 Å². The van der Waals surface area contributed by atoms with E-state index in [-0.39, 0.29) is 18.0 Å². The van der Waals surface area contributed by atoms with Gasteiger partial charge in [0.15, 0.2) is 0 Å². The Kier molecular flexibility index (Phi) is 5.50. The topological polar surface area (TPSA) is 88.9 Å². The highest BCUT2D eigenvalue weighted by Gasteiger charge is 2.43. The summed E-state index contributed by atoms with van der Waals surface area (Å²) in [4.78, 5) is 30.6. The fraction of sp³-hybridized carbons (Fsp3) is 0.842. The van der Waals surface area contributed by atoms with Crippen molar-refractivity contribution in [2.75, 3.05) is 52.5 Å². The summed E-state index contributed by atoms with van der Waals surface area (Å²) in [5.74, 6) is 1.10. The Morgan fingerprint density at radius 2 is 1.78 bits per heavy atom. The number of fused-ring (bicyclic) bond motifs is 1. The summed E-state index contributed by atoms with van der Waals surface area (Å²) in [6, 6.07) is 2.47. The normalized spacial score (nSPS) is 33.2. The molecule has 4 atom stereocenters. The fourth-order valence-electron chi connectivity index (χ4n) is 5.11. The van der Waals surface area contributed by atoms with Gasteiger partial charge >= 0.3 is 6.03 Å². The summed E-state index contributed by atoms with van der Waals surface area (Å²) in [6.45, 7) is 5.33. The van der Waals surface area contributed by atoms with Gasteiger partial charge in [-0.1, -0.05) is 0 Å². The predicted molar refractivity (Wildman–Crippen MR) is 97.7 cm³/mol. The molecule has 0 bridgehead atoms. The summed E-state index contributed by atoms with van der Waals surface area (Å²) >= 11 is 0. The molecule has 4 rings (SSSR count). The molecule has 0 aromatic carbocycles. The molecular weight excluding hydrogens is 346 g/mol. The highest BCUT2D eigenvalue weighted by atomic mass is 16.5. The van der Waals surface area contributed by atoms with Crippen molar-refractivity contribution < 1.29 is 14.3 Å². The second-order valence-corrected chi connectivity index (χ2v) is 8.23. The van der Waals surface area contributed by atoms with Crippen LogP contribution in [-0.4, -0.2) is 91.2 Å². The molecule has 3 saturated heterocycles. The van der Waals surface area contributed by atoms with E-state index in [0.717, 1.165) is 38.8 Å². The molecule has 0 spiro atoms. The van der Waals surface area contributed by atoms with Gasteiger partial charge in [-0.25, -0.2) is 4.79 Å². The summed E-state index contributed by atoms with van der Waals surface area (Å²) in [5, 5.41) is 12.5. The number of hydrogen-bond acceptors (Lipinski definition) is 5. The van der Waals surface area contributed by atoms with Crippen LogP contribution in [0.25, 0.3) is 0 Å². The van der Waals surface area contributed by atoms with E-state index in [4.69, 9.17) is 10.00 Å². The molecule has 148 valence electrons. The number of nitrogens with one attached hydrogen (secondary N) is 1.